The second-order valence-corrected chi connectivity index (χ2v) is 9.35. The molecule has 2 heterocycles. The van der Waals surface area contributed by atoms with Gasteiger partial charge in [0.1, 0.15) is 12.4 Å². The summed E-state index contributed by atoms with van der Waals surface area (Å²) < 4.78 is 11.4. The number of carbonyl (C=O) groups is 1. The SMILES string of the molecule is CC1CCN(CCOc2ccc(NC(=O)C3(c4ccc([N+](=O)[O-])cc4)CCOCC3)cc2)CC1. The average molecular weight is 468 g/mol. The van der Waals surface area contributed by atoms with Crippen LogP contribution in [0, 0.1) is 16.0 Å². The van der Waals surface area contributed by atoms with E-state index in [0.29, 0.717) is 38.3 Å². The second-order valence-electron chi connectivity index (χ2n) is 9.35. The van der Waals surface area contributed by atoms with Gasteiger partial charge in [0.2, 0.25) is 5.91 Å². The van der Waals surface area contributed by atoms with Crippen LogP contribution in [0.15, 0.2) is 48.5 Å². The molecule has 8 nitrogen and oxygen atoms in total. The molecule has 4 rings (SSSR count). The Morgan fingerprint density at radius 2 is 1.76 bits per heavy atom. The standard InChI is InChI=1S/C26H33N3O5/c1-20-10-14-28(15-11-20)16-19-34-24-8-4-22(5-9-24)27-25(30)26(12-17-33-18-13-26)21-2-6-23(7-3-21)29(31)32/h2-9,20H,10-19H2,1H3,(H,27,30). The molecule has 0 saturated carbocycles. The minimum atomic E-state index is -0.783. The zero-order valence-electron chi connectivity index (χ0n) is 19.7. The largest absolute Gasteiger partial charge is 0.492 e. The van der Waals surface area contributed by atoms with Crippen LogP contribution in [0.5, 0.6) is 5.75 Å². The molecule has 0 radical (unpaired) electrons. The Balaban J connectivity index is 1.36. The molecular formula is C26H33N3O5. The highest BCUT2D eigenvalue weighted by Gasteiger charge is 2.42. The number of amides is 1. The van der Waals surface area contributed by atoms with E-state index in [1.54, 1.807) is 12.1 Å². The van der Waals surface area contributed by atoms with Crippen LogP contribution in [-0.4, -0.2) is 55.2 Å². The third kappa shape index (κ3) is 5.74. The maximum atomic E-state index is 13.4. The number of ether oxygens (including phenoxy) is 2. The third-order valence-electron chi connectivity index (χ3n) is 7.08. The summed E-state index contributed by atoms with van der Waals surface area (Å²) in [7, 11) is 0. The van der Waals surface area contributed by atoms with E-state index < -0.39 is 10.3 Å². The highest BCUT2D eigenvalue weighted by Crippen LogP contribution is 2.37. The monoisotopic (exact) mass is 467 g/mol. The molecule has 2 aromatic carbocycles. The molecular weight excluding hydrogens is 434 g/mol. The fourth-order valence-corrected chi connectivity index (χ4v) is 4.73. The lowest BCUT2D eigenvalue weighted by Crippen LogP contribution is -2.44. The molecule has 2 saturated heterocycles. The van der Waals surface area contributed by atoms with E-state index in [2.05, 4.69) is 17.1 Å². The number of nitro benzene ring substituents is 1. The number of nitrogens with one attached hydrogen (secondary N) is 1. The average Bonchev–Trinajstić information content (AvgIpc) is 2.87. The van der Waals surface area contributed by atoms with Crippen molar-refractivity contribution >= 4 is 17.3 Å². The molecule has 0 aliphatic carbocycles. The number of nitrogens with zero attached hydrogens (tertiary/aromatic N) is 2. The first-order valence-corrected chi connectivity index (χ1v) is 12.1. The summed E-state index contributed by atoms with van der Waals surface area (Å²) in [6.45, 7) is 7.08. The molecule has 0 unspecified atom stereocenters. The van der Waals surface area contributed by atoms with Crippen molar-refractivity contribution in [2.75, 3.05) is 44.8 Å². The Hall–Kier alpha value is -2.97. The number of non-ortho nitro benzene ring substituents is 1. The van der Waals surface area contributed by atoms with E-state index in [1.807, 2.05) is 24.3 Å². The maximum Gasteiger partial charge on any atom is 0.269 e. The van der Waals surface area contributed by atoms with Crippen molar-refractivity contribution < 1.29 is 19.2 Å². The van der Waals surface area contributed by atoms with Gasteiger partial charge in [-0.3, -0.25) is 19.8 Å². The fraction of sp³-hybridized carbons (Fsp3) is 0.500. The van der Waals surface area contributed by atoms with Gasteiger partial charge in [-0.1, -0.05) is 19.1 Å². The number of rotatable bonds is 8. The summed E-state index contributed by atoms with van der Waals surface area (Å²) in [6, 6.07) is 13.7. The summed E-state index contributed by atoms with van der Waals surface area (Å²) in [6.07, 6.45) is 3.55. The Morgan fingerprint density at radius 1 is 1.12 bits per heavy atom. The molecule has 2 fully saturated rings. The van der Waals surface area contributed by atoms with Crippen molar-refractivity contribution in [2.24, 2.45) is 5.92 Å². The van der Waals surface area contributed by atoms with Crippen molar-refractivity contribution in [1.29, 1.82) is 0 Å². The number of carbonyl (C=O) groups excluding carboxylic acids is 1. The van der Waals surface area contributed by atoms with Gasteiger partial charge < -0.3 is 14.8 Å². The minimum absolute atomic E-state index is 0.0109. The van der Waals surface area contributed by atoms with Crippen molar-refractivity contribution in [3.63, 3.8) is 0 Å². The second kappa shape index (κ2) is 11.0. The number of likely N-dealkylation sites (tertiary alicyclic amines) is 1. The molecule has 182 valence electrons. The zero-order chi connectivity index (χ0) is 24.0. The van der Waals surface area contributed by atoms with Gasteiger partial charge in [-0.25, -0.2) is 0 Å². The molecule has 0 aromatic heterocycles. The molecule has 34 heavy (non-hydrogen) atoms. The molecule has 2 aliphatic rings. The van der Waals surface area contributed by atoms with Gasteiger partial charge >= 0.3 is 0 Å². The number of benzene rings is 2. The molecule has 1 N–H and O–H groups in total. The lowest BCUT2D eigenvalue weighted by atomic mass is 9.73. The van der Waals surface area contributed by atoms with E-state index in [4.69, 9.17) is 9.47 Å². The maximum absolute atomic E-state index is 13.4. The van der Waals surface area contributed by atoms with Gasteiger partial charge in [0.15, 0.2) is 0 Å². The Kier molecular flexibility index (Phi) is 7.80. The quantitative estimate of drug-likeness (QED) is 0.457. The lowest BCUT2D eigenvalue weighted by molar-refractivity contribution is -0.384. The van der Waals surface area contributed by atoms with Gasteiger partial charge in [-0.2, -0.15) is 0 Å². The van der Waals surface area contributed by atoms with Gasteiger partial charge in [-0.15, -0.1) is 0 Å². The Morgan fingerprint density at radius 3 is 2.38 bits per heavy atom. The molecule has 8 heteroatoms. The van der Waals surface area contributed by atoms with Gasteiger partial charge in [-0.05, 0) is 74.5 Å². The van der Waals surface area contributed by atoms with Crippen molar-refractivity contribution in [3.8, 4) is 5.75 Å². The molecule has 0 bridgehead atoms. The topological polar surface area (TPSA) is 93.9 Å². The Bertz CT molecular complexity index is 963. The molecule has 0 spiro atoms. The van der Waals surface area contributed by atoms with Gasteiger partial charge in [0, 0.05) is 37.6 Å². The summed E-state index contributed by atoms with van der Waals surface area (Å²) in [4.78, 5) is 26.5. The number of anilines is 1. The predicted octanol–water partition coefficient (Wildman–Crippen LogP) is 4.39. The lowest BCUT2D eigenvalue weighted by Gasteiger charge is -2.36. The van der Waals surface area contributed by atoms with E-state index in [-0.39, 0.29) is 11.6 Å². The van der Waals surface area contributed by atoms with Crippen LogP contribution in [-0.2, 0) is 14.9 Å². The minimum Gasteiger partial charge on any atom is -0.492 e. The summed E-state index contributed by atoms with van der Waals surface area (Å²) in [5.41, 5.74) is 0.687. The normalized spacial score (nSPS) is 18.9. The smallest absolute Gasteiger partial charge is 0.269 e. The van der Waals surface area contributed by atoms with Crippen LogP contribution < -0.4 is 10.1 Å². The first kappa shape index (κ1) is 24.2. The first-order valence-electron chi connectivity index (χ1n) is 12.1. The van der Waals surface area contributed by atoms with Crippen LogP contribution in [0.1, 0.15) is 38.2 Å². The predicted molar refractivity (Wildman–Crippen MR) is 130 cm³/mol. The molecule has 2 aliphatic heterocycles. The van der Waals surface area contributed by atoms with Crippen molar-refractivity contribution in [2.45, 2.75) is 38.0 Å². The molecule has 0 atom stereocenters. The number of hydrogen-bond donors (Lipinski definition) is 1. The van der Waals surface area contributed by atoms with Gasteiger partial charge in [0.25, 0.3) is 5.69 Å². The van der Waals surface area contributed by atoms with Crippen molar-refractivity contribution in [1.82, 2.24) is 4.90 Å². The van der Waals surface area contributed by atoms with Crippen LogP contribution in [0.4, 0.5) is 11.4 Å². The summed E-state index contributed by atoms with van der Waals surface area (Å²) in [5.74, 6) is 1.47. The number of piperidine rings is 1. The van der Waals surface area contributed by atoms with Crippen LogP contribution in [0.3, 0.4) is 0 Å². The first-order chi connectivity index (χ1) is 16.5. The van der Waals surface area contributed by atoms with Crippen LogP contribution in [0.25, 0.3) is 0 Å². The summed E-state index contributed by atoms with van der Waals surface area (Å²) >= 11 is 0. The highest BCUT2D eigenvalue weighted by molar-refractivity contribution is 5.99. The van der Waals surface area contributed by atoms with E-state index in [9.17, 15) is 14.9 Å². The fourth-order valence-electron chi connectivity index (χ4n) is 4.73. The zero-order valence-corrected chi connectivity index (χ0v) is 19.7. The number of nitro groups is 1. The van der Waals surface area contributed by atoms with Crippen LogP contribution >= 0.6 is 0 Å². The van der Waals surface area contributed by atoms with Gasteiger partial charge in [0.05, 0.1) is 10.3 Å². The van der Waals surface area contributed by atoms with E-state index >= 15 is 0 Å². The Labute approximate surface area is 200 Å². The van der Waals surface area contributed by atoms with Crippen LogP contribution in [0.2, 0.25) is 0 Å². The van der Waals surface area contributed by atoms with Crippen molar-refractivity contribution in [3.05, 3.63) is 64.2 Å². The van der Waals surface area contributed by atoms with E-state index in [1.165, 1.54) is 25.0 Å². The molecule has 1 amide bonds. The van der Waals surface area contributed by atoms with E-state index in [0.717, 1.165) is 36.9 Å². The number of hydrogen-bond acceptors (Lipinski definition) is 6. The summed E-state index contributed by atoms with van der Waals surface area (Å²) in [5, 5.41) is 14.1. The highest BCUT2D eigenvalue weighted by atomic mass is 16.6. The molecule has 2 aromatic rings. The third-order valence-corrected chi connectivity index (χ3v) is 7.08.